The van der Waals surface area contributed by atoms with Crippen LogP contribution in [0.5, 0.6) is 0 Å². The molecule has 1 spiro atoms. The van der Waals surface area contributed by atoms with E-state index in [-0.39, 0.29) is 23.1 Å². The van der Waals surface area contributed by atoms with Crippen LogP contribution < -0.4 is 0 Å². The molecule has 0 N–H and O–H groups in total. The second-order valence-corrected chi connectivity index (χ2v) is 5.49. The number of rotatable bonds is 1. The first-order valence-electron chi connectivity index (χ1n) is 6.51. The molecule has 18 heavy (non-hydrogen) atoms. The minimum atomic E-state index is -0.348. The van der Waals surface area contributed by atoms with Crippen LogP contribution in [0, 0.1) is 11.2 Å². The third-order valence-electron chi connectivity index (χ3n) is 4.58. The van der Waals surface area contributed by atoms with Crippen LogP contribution in [-0.2, 0) is 11.2 Å². The van der Waals surface area contributed by atoms with Crippen LogP contribution in [0.4, 0.5) is 4.39 Å². The van der Waals surface area contributed by atoms with E-state index in [1.54, 1.807) is 19.2 Å². The van der Waals surface area contributed by atoms with Crippen molar-refractivity contribution in [3.8, 4) is 0 Å². The van der Waals surface area contributed by atoms with Crippen molar-refractivity contribution in [2.75, 3.05) is 7.11 Å². The van der Waals surface area contributed by atoms with E-state index < -0.39 is 0 Å². The van der Waals surface area contributed by atoms with Gasteiger partial charge in [0.15, 0.2) is 5.78 Å². The number of methoxy groups -OCH3 is 1. The fourth-order valence-corrected chi connectivity index (χ4v) is 3.44. The minimum absolute atomic E-state index is 0.145. The molecule has 96 valence electrons. The molecule has 0 unspecified atom stereocenters. The lowest BCUT2D eigenvalue weighted by atomic mass is 9.70. The molecule has 2 aliphatic carbocycles. The minimum Gasteiger partial charge on any atom is -0.381 e. The van der Waals surface area contributed by atoms with Crippen LogP contribution in [0.3, 0.4) is 0 Å². The van der Waals surface area contributed by atoms with Crippen LogP contribution in [0.15, 0.2) is 18.2 Å². The molecule has 3 rings (SSSR count). The van der Waals surface area contributed by atoms with Crippen LogP contribution in [0.1, 0.15) is 41.6 Å². The highest BCUT2D eigenvalue weighted by Gasteiger charge is 2.48. The number of fused-ring (bicyclic) bond motifs is 1. The molecule has 0 heterocycles. The Balaban J connectivity index is 1.91. The van der Waals surface area contributed by atoms with Gasteiger partial charge in [-0.1, -0.05) is 12.1 Å². The molecule has 1 aromatic carbocycles. The standard InChI is InChI=1S/C15H17FO2/c1-18-10-5-7-15(8-6-10)9-12-11(14(15)17)3-2-4-13(12)16/h2-4,10H,5-9H2,1H3. The topological polar surface area (TPSA) is 26.3 Å². The summed E-state index contributed by atoms with van der Waals surface area (Å²) in [5.41, 5.74) is 0.878. The van der Waals surface area contributed by atoms with Crippen molar-refractivity contribution in [2.45, 2.75) is 38.2 Å². The van der Waals surface area contributed by atoms with Gasteiger partial charge >= 0.3 is 0 Å². The summed E-state index contributed by atoms with van der Waals surface area (Å²) in [5, 5.41) is 0. The number of Topliss-reactive ketones (excluding diaryl/α,β-unsaturated/α-hetero) is 1. The van der Waals surface area contributed by atoms with E-state index in [1.807, 2.05) is 0 Å². The van der Waals surface area contributed by atoms with Crippen LogP contribution in [0.25, 0.3) is 0 Å². The molecule has 0 aliphatic heterocycles. The lowest BCUT2D eigenvalue weighted by Crippen LogP contribution is -2.35. The SMILES string of the molecule is COC1CCC2(CC1)Cc1c(F)cccc1C2=O. The van der Waals surface area contributed by atoms with Gasteiger partial charge in [-0.25, -0.2) is 4.39 Å². The zero-order valence-electron chi connectivity index (χ0n) is 10.5. The third kappa shape index (κ3) is 1.61. The van der Waals surface area contributed by atoms with Gasteiger partial charge in [-0.2, -0.15) is 0 Å². The summed E-state index contributed by atoms with van der Waals surface area (Å²) in [6.45, 7) is 0. The van der Waals surface area contributed by atoms with Gasteiger partial charge in [-0.3, -0.25) is 4.79 Å². The van der Waals surface area contributed by atoms with E-state index in [9.17, 15) is 9.18 Å². The second-order valence-electron chi connectivity index (χ2n) is 5.49. The lowest BCUT2D eigenvalue weighted by molar-refractivity contribution is 0.0285. The van der Waals surface area contributed by atoms with Crippen molar-refractivity contribution in [1.29, 1.82) is 0 Å². The molecule has 0 amide bonds. The summed E-state index contributed by atoms with van der Waals surface area (Å²) < 4.78 is 19.1. The molecule has 0 bridgehead atoms. The lowest BCUT2D eigenvalue weighted by Gasteiger charge is -2.35. The Morgan fingerprint density at radius 2 is 2.06 bits per heavy atom. The predicted molar refractivity (Wildman–Crippen MR) is 66.1 cm³/mol. The number of ketones is 1. The Morgan fingerprint density at radius 3 is 2.67 bits per heavy atom. The first-order chi connectivity index (χ1) is 8.66. The summed E-state index contributed by atoms with van der Waals surface area (Å²) in [5.74, 6) is -0.0851. The Morgan fingerprint density at radius 1 is 1.33 bits per heavy atom. The predicted octanol–water partition coefficient (Wildman–Crippen LogP) is 3.14. The van der Waals surface area contributed by atoms with Crippen molar-refractivity contribution in [1.82, 2.24) is 0 Å². The largest absolute Gasteiger partial charge is 0.381 e. The molecule has 2 nitrogen and oxygen atoms in total. The summed E-state index contributed by atoms with van der Waals surface area (Å²) >= 11 is 0. The monoisotopic (exact) mass is 248 g/mol. The van der Waals surface area contributed by atoms with Gasteiger partial charge in [0.2, 0.25) is 0 Å². The van der Waals surface area contributed by atoms with E-state index in [0.29, 0.717) is 17.5 Å². The van der Waals surface area contributed by atoms with Crippen molar-refractivity contribution in [2.24, 2.45) is 5.41 Å². The molecule has 0 radical (unpaired) electrons. The molecule has 0 saturated heterocycles. The number of carbonyl (C=O) groups is 1. The zero-order valence-corrected chi connectivity index (χ0v) is 10.5. The van der Waals surface area contributed by atoms with Gasteiger partial charge in [-0.05, 0) is 43.7 Å². The molecule has 0 atom stereocenters. The van der Waals surface area contributed by atoms with Gasteiger partial charge in [-0.15, -0.1) is 0 Å². The maximum Gasteiger partial charge on any atom is 0.169 e. The summed E-state index contributed by atoms with van der Waals surface area (Å²) in [4.78, 5) is 12.5. The van der Waals surface area contributed by atoms with Crippen molar-refractivity contribution < 1.29 is 13.9 Å². The summed E-state index contributed by atoms with van der Waals surface area (Å²) in [6, 6.07) is 4.84. The maximum atomic E-state index is 13.8. The Bertz CT molecular complexity index is 487. The molecule has 1 fully saturated rings. The fraction of sp³-hybridized carbons (Fsp3) is 0.533. The number of carbonyl (C=O) groups excluding carboxylic acids is 1. The van der Waals surface area contributed by atoms with Crippen molar-refractivity contribution in [3.63, 3.8) is 0 Å². The van der Waals surface area contributed by atoms with E-state index in [0.717, 1.165) is 25.7 Å². The molecule has 1 aromatic rings. The zero-order chi connectivity index (χ0) is 12.8. The second kappa shape index (κ2) is 4.16. The van der Waals surface area contributed by atoms with Crippen molar-refractivity contribution in [3.05, 3.63) is 35.1 Å². The maximum absolute atomic E-state index is 13.8. The first kappa shape index (κ1) is 11.8. The summed E-state index contributed by atoms with van der Waals surface area (Å²) in [7, 11) is 1.72. The average Bonchev–Trinajstić information content (AvgIpc) is 2.67. The number of hydrogen-bond acceptors (Lipinski definition) is 2. The Labute approximate surface area is 106 Å². The molecule has 1 saturated carbocycles. The molecule has 0 aromatic heterocycles. The number of ether oxygens (including phenoxy) is 1. The number of halogens is 1. The average molecular weight is 248 g/mol. The third-order valence-corrected chi connectivity index (χ3v) is 4.58. The van der Waals surface area contributed by atoms with Crippen LogP contribution in [0.2, 0.25) is 0 Å². The van der Waals surface area contributed by atoms with Gasteiger partial charge in [0.1, 0.15) is 5.82 Å². The highest BCUT2D eigenvalue weighted by molar-refractivity contribution is 6.05. The molecule has 3 heteroatoms. The normalized spacial score (nSPS) is 30.8. The van der Waals surface area contributed by atoms with E-state index in [2.05, 4.69) is 0 Å². The molecule has 2 aliphatic rings. The highest BCUT2D eigenvalue weighted by Crippen LogP contribution is 2.48. The number of benzene rings is 1. The summed E-state index contributed by atoms with van der Waals surface area (Å²) in [6.07, 6.45) is 4.27. The van der Waals surface area contributed by atoms with E-state index >= 15 is 0 Å². The Kier molecular flexibility index (Phi) is 2.74. The quantitative estimate of drug-likeness (QED) is 0.763. The van der Waals surface area contributed by atoms with Gasteiger partial charge in [0.25, 0.3) is 0 Å². The Hall–Kier alpha value is -1.22. The molecular weight excluding hydrogens is 231 g/mol. The number of hydrogen-bond donors (Lipinski definition) is 0. The van der Waals surface area contributed by atoms with E-state index in [4.69, 9.17) is 4.74 Å². The smallest absolute Gasteiger partial charge is 0.169 e. The molecular formula is C15H17FO2. The van der Waals surface area contributed by atoms with Gasteiger partial charge in [0, 0.05) is 18.1 Å². The highest BCUT2D eigenvalue weighted by atomic mass is 19.1. The van der Waals surface area contributed by atoms with Gasteiger partial charge < -0.3 is 4.74 Å². The van der Waals surface area contributed by atoms with Crippen LogP contribution in [-0.4, -0.2) is 19.0 Å². The van der Waals surface area contributed by atoms with E-state index in [1.165, 1.54) is 6.07 Å². The van der Waals surface area contributed by atoms with Crippen LogP contribution >= 0.6 is 0 Å². The fourth-order valence-electron chi connectivity index (χ4n) is 3.44. The van der Waals surface area contributed by atoms with Gasteiger partial charge in [0.05, 0.1) is 6.10 Å². The first-order valence-corrected chi connectivity index (χ1v) is 6.51. The van der Waals surface area contributed by atoms with Crippen molar-refractivity contribution >= 4 is 5.78 Å².